The monoisotopic (exact) mass is 242 g/mol. The average molecular weight is 242 g/mol. The molecule has 0 spiro atoms. The van der Waals surface area contributed by atoms with Crippen LogP contribution in [0.15, 0.2) is 0 Å². The molecule has 1 saturated carbocycles. The topological polar surface area (TPSA) is 29.5 Å². The fourth-order valence-electron chi connectivity index (χ4n) is 2.56. The highest BCUT2D eigenvalue weighted by Crippen LogP contribution is 2.30. The fourth-order valence-corrected chi connectivity index (χ4v) is 2.56. The average Bonchev–Trinajstić information content (AvgIpc) is 2.21. The van der Waals surface area contributed by atoms with Gasteiger partial charge in [0.05, 0.1) is 12.2 Å². The number of rotatable bonds is 5. The maximum Gasteiger partial charge on any atom is 0.0836 e. The standard InChI is InChI=1S/C15H30O2/c1-5-6-12-7-8-13(16)14(11-12)17-10-9-15(2,3)4/h12-14,16H,5-11H2,1-4H3. The highest BCUT2D eigenvalue weighted by Gasteiger charge is 2.29. The molecule has 1 N–H and O–H groups in total. The summed E-state index contributed by atoms with van der Waals surface area (Å²) in [5.74, 6) is 0.767. The lowest BCUT2D eigenvalue weighted by atomic mass is 9.83. The number of aliphatic hydroxyl groups excluding tert-OH is 1. The van der Waals surface area contributed by atoms with Gasteiger partial charge in [0.25, 0.3) is 0 Å². The first kappa shape index (κ1) is 15.0. The van der Waals surface area contributed by atoms with Gasteiger partial charge in [-0.2, -0.15) is 0 Å². The van der Waals surface area contributed by atoms with Gasteiger partial charge in [-0.3, -0.25) is 0 Å². The lowest BCUT2D eigenvalue weighted by Gasteiger charge is -2.33. The van der Waals surface area contributed by atoms with Gasteiger partial charge in [0.1, 0.15) is 0 Å². The molecule has 0 aromatic carbocycles. The third-order valence-electron chi connectivity index (χ3n) is 3.75. The van der Waals surface area contributed by atoms with Crippen LogP contribution in [0.5, 0.6) is 0 Å². The lowest BCUT2D eigenvalue weighted by molar-refractivity contribution is -0.0769. The van der Waals surface area contributed by atoms with Crippen molar-refractivity contribution in [1.82, 2.24) is 0 Å². The maximum atomic E-state index is 9.96. The molecule has 1 aliphatic rings. The largest absolute Gasteiger partial charge is 0.390 e. The molecular formula is C15H30O2. The molecule has 0 radical (unpaired) electrons. The van der Waals surface area contributed by atoms with Crippen molar-refractivity contribution in [1.29, 1.82) is 0 Å². The quantitative estimate of drug-likeness (QED) is 0.795. The molecule has 0 aliphatic heterocycles. The minimum Gasteiger partial charge on any atom is -0.390 e. The second-order valence-electron chi connectivity index (χ2n) is 6.76. The van der Waals surface area contributed by atoms with E-state index in [1.807, 2.05) is 0 Å². The Labute approximate surface area is 107 Å². The maximum absolute atomic E-state index is 9.96. The predicted octanol–water partition coefficient (Wildman–Crippen LogP) is 3.77. The smallest absolute Gasteiger partial charge is 0.0836 e. The summed E-state index contributed by atoms with van der Waals surface area (Å²) in [5.41, 5.74) is 0.322. The minimum absolute atomic E-state index is 0.0858. The lowest BCUT2D eigenvalue weighted by Crippen LogP contribution is -2.36. The molecular weight excluding hydrogens is 212 g/mol. The number of hydrogen-bond donors (Lipinski definition) is 1. The predicted molar refractivity (Wildman–Crippen MR) is 72.1 cm³/mol. The van der Waals surface area contributed by atoms with Crippen molar-refractivity contribution in [3.05, 3.63) is 0 Å². The highest BCUT2D eigenvalue weighted by atomic mass is 16.5. The van der Waals surface area contributed by atoms with E-state index in [-0.39, 0.29) is 12.2 Å². The van der Waals surface area contributed by atoms with Crippen molar-refractivity contribution in [2.24, 2.45) is 11.3 Å². The molecule has 0 aromatic rings. The van der Waals surface area contributed by atoms with Crippen molar-refractivity contribution in [2.75, 3.05) is 6.61 Å². The molecule has 0 amide bonds. The van der Waals surface area contributed by atoms with E-state index in [4.69, 9.17) is 4.74 Å². The molecule has 2 nitrogen and oxygen atoms in total. The van der Waals surface area contributed by atoms with Gasteiger partial charge in [-0.15, -0.1) is 0 Å². The molecule has 17 heavy (non-hydrogen) atoms. The number of aliphatic hydroxyl groups is 1. The van der Waals surface area contributed by atoms with E-state index in [0.717, 1.165) is 31.8 Å². The van der Waals surface area contributed by atoms with Crippen molar-refractivity contribution < 1.29 is 9.84 Å². The molecule has 0 aromatic heterocycles. The molecule has 1 aliphatic carbocycles. The number of hydrogen-bond acceptors (Lipinski definition) is 2. The summed E-state index contributed by atoms with van der Waals surface area (Å²) >= 11 is 0. The normalized spacial score (nSPS) is 30.5. The van der Waals surface area contributed by atoms with Crippen molar-refractivity contribution in [2.45, 2.75) is 78.4 Å². The first-order valence-electron chi connectivity index (χ1n) is 7.22. The summed E-state index contributed by atoms with van der Waals surface area (Å²) in [7, 11) is 0. The zero-order valence-electron chi connectivity index (χ0n) is 12.0. The Morgan fingerprint density at radius 1 is 1.24 bits per heavy atom. The van der Waals surface area contributed by atoms with E-state index in [9.17, 15) is 5.11 Å². The summed E-state index contributed by atoms with van der Waals surface area (Å²) < 4.78 is 5.90. The van der Waals surface area contributed by atoms with Crippen LogP contribution in [0.3, 0.4) is 0 Å². The Bertz CT molecular complexity index is 207. The second-order valence-corrected chi connectivity index (χ2v) is 6.76. The molecule has 3 atom stereocenters. The van der Waals surface area contributed by atoms with Crippen LogP contribution in [0, 0.1) is 11.3 Å². The van der Waals surface area contributed by atoms with Crippen molar-refractivity contribution >= 4 is 0 Å². The first-order chi connectivity index (χ1) is 7.92. The van der Waals surface area contributed by atoms with Gasteiger partial charge >= 0.3 is 0 Å². The molecule has 1 rings (SSSR count). The summed E-state index contributed by atoms with van der Waals surface area (Å²) in [4.78, 5) is 0. The Morgan fingerprint density at radius 3 is 2.53 bits per heavy atom. The molecule has 2 heteroatoms. The van der Waals surface area contributed by atoms with Gasteiger partial charge in [0.15, 0.2) is 0 Å². The van der Waals surface area contributed by atoms with Gasteiger partial charge in [0, 0.05) is 6.61 Å². The van der Waals surface area contributed by atoms with Crippen LogP contribution in [0.4, 0.5) is 0 Å². The van der Waals surface area contributed by atoms with E-state index < -0.39 is 0 Å². The third kappa shape index (κ3) is 5.87. The molecule has 1 fully saturated rings. The molecule has 0 heterocycles. The van der Waals surface area contributed by atoms with Gasteiger partial charge < -0.3 is 9.84 Å². The number of ether oxygens (including phenoxy) is 1. The Morgan fingerprint density at radius 2 is 1.94 bits per heavy atom. The van der Waals surface area contributed by atoms with Crippen LogP contribution in [-0.2, 0) is 4.74 Å². The molecule has 0 saturated heterocycles. The van der Waals surface area contributed by atoms with Crippen molar-refractivity contribution in [3.63, 3.8) is 0 Å². The van der Waals surface area contributed by atoms with Gasteiger partial charge in [-0.1, -0.05) is 40.5 Å². The first-order valence-corrected chi connectivity index (χ1v) is 7.22. The summed E-state index contributed by atoms with van der Waals surface area (Å²) in [5, 5.41) is 9.96. The summed E-state index contributed by atoms with van der Waals surface area (Å²) in [6.45, 7) is 9.71. The third-order valence-corrected chi connectivity index (χ3v) is 3.75. The van der Waals surface area contributed by atoms with Gasteiger partial charge in [-0.05, 0) is 37.0 Å². The molecule has 0 bridgehead atoms. The Hall–Kier alpha value is -0.0800. The fraction of sp³-hybridized carbons (Fsp3) is 1.00. The SMILES string of the molecule is CCCC1CCC(O)C(OCCC(C)(C)C)C1. The molecule has 3 unspecified atom stereocenters. The van der Waals surface area contributed by atoms with Crippen LogP contribution < -0.4 is 0 Å². The summed E-state index contributed by atoms with van der Waals surface area (Å²) in [6, 6.07) is 0. The summed E-state index contributed by atoms with van der Waals surface area (Å²) in [6.07, 6.45) is 6.60. The van der Waals surface area contributed by atoms with E-state index in [1.165, 1.54) is 19.3 Å². The van der Waals surface area contributed by atoms with Crippen LogP contribution >= 0.6 is 0 Å². The highest BCUT2D eigenvalue weighted by molar-refractivity contribution is 4.80. The Kier molecular flexibility index (Phi) is 5.94. The minimum atomic E-state index is -0.233. The Balaban J connectivity index is 2.29. The van der Waals surface area contributed by atoms with E-state index in [1.54, 1.807) is 0 Å². The zero-order valence-corrected chi connectivity index (χ0v) is 12.0. The van der Waals surface area contributed by atoms with Crippen LogP contribution in [0.1, 0.15) is 66.2 Å². The zero-order chi connectivity index (χ0) is 12.9. The van der Waals surface area contributed by atoms with E-state index >= 15 is 0 Å². The van der Waals surface area contributed by atoms with Crippen LogP contribution in [0.25, 0.3) is 0 Å². The van der Waals surface area contributed by atoms with Gasteiger partial charge in [-0.25, -0.2) is 0 Å². The van der Waals surface area contributed by atoms with E-state index in [2.05, 4.69) is 27.7 Å². The van der Waals surface area contributed by atoms with E-state index in [0.29, 0.717) is 5.41 Å². The second kappa shape index (κ2) is 6.75. The van der Waals surface area contributed by atoms with Crippen molar-refractivity contribution in [3.8, 4) is 0 Å². The van der Waals surface area contributed by atoms with Crippen LogP contribution in [-0.4, -0.2) is 23.9 Å². The molecule has 102 valence electrons. The van der Waals surface area contributed by atoms with Crippen LogP contribution in [0.2, 0.25) is 0 Å². The van der Waals surface area contributed by atoms with Gasteiger partial charge in [0.2, 0.25) is 0 Å².